The van der Waals surface area contributed by atoms with Crippen LogP contribution >= 0.6 is 0 Å². The zero-order valence-corrected chi connectivity index (χ0v) is 34.5. The molecule has 0 aliphatic heterocycles. The second-order valence-corrected chi connectivity index (χ2v) is 13.9. The summed E-state index contributed by atoms with van der Waals surface area (Å²) in [5.41, 5.74) is 0.857. The molecule has 2 aromatic rings. The van der Waals surface area contributed by atoms with Gasteiger partial charge < -0.3 is 55.0 Å². The van der Waals surface area contributed by atoms with Crippen molar-refractivity contribution >= 4 is 35.6 Å². The molecule has 0 aromatic heterocycles. The number of carbonyl (C=O) groups excluding carboxylic acids is 5. The molecule has 0 radical (unpaired) electrons. The van der Waals surface area contributed by atoms with Crippen LogP contribution in [0.4, 0.5) is 15.3 Å². The van der Waals surface area contributed by atoms with Gasteiger partial charge in [-0.1, -0.05) is 31.5 Å². The van der Waals surface area contributed by atoms with Crippen LogP contribution in [0.25, 0.3) is 0 Å². The average Bonchev–Trinajstić information content (AvgIpc) is 3.12. The number of aryl methyl sites for hydroxylation is 1. The zero-order valence-electron chi connectivity index (χ0n) is 34.5. The number of hydrogen-bond donors (Lipinski definition) is 5. The minimum Gasteiger partial charge on any atom is -0.444 e. The first-order valence-corrected chi connectivity index (χ1v) is 18.9. The molecule has 5 amide bonds. The molecule has 0 fully saturated rings. The molecule has 56 heavy (non-hydrogen) atoms. The zero-order chi connectivity index (χ0) is 42.0. The molecule has 0 aliphatic rings. The summed E-state index contributed by atoms with van der Waals surface area (Å²) >= 11 is 0. The van der Waals surface area contributed by atoms with Gasteiger partial charge in [-0.15, -0.1) is 0 Å². The Labute approximate surface area is 331 Å². The highest BCUT2D eigenvalue weighted by molar-refractivity contribution is 6.07. The van der Waals surface area contributed by atoms with Crippen LogP contribution in [0, 0.1) is 6.92 Å². The van der Waals surface area contributed by atoms with Crippen molar-refractivity contribution in [1.82, 2.24) is 21.3 Å². The second kappa shape index (κ2) is 26.9. The van der Waals surface area contributed by atoms with Crippen molar-refractivity contribution in [1.29, 1.82) is 0 Å². The lowest BCUT2D eigenvalue weighted by molar-refractivity contribution is 0.0396. The molecule has 0 atom stereocenters. The van der Waals surface area contributed by atoms with Gasteiger partial charge in [-0.2, -0.15) is 0 Å². The van der Waals surface area contributed by atoms with Gasteiger partial charge >= 0.3 is 12.2 Å². The Morgan fingerprint density at radius 1 is 0.482 bits per heavy atom. The Balaban J connectivity index is 0.00000771. The summed E-state index contributed by atoms with van der Waals surface area (Å²) in [6, 6.07) is 11.4. The molecule has 0 bridgehead atoms. The first-order chi connectivity index (χ1) is 26.5. The number of nitrogens with one attached hydrogen (secondary N) is 5. The van der Waals surface area contributed by atoms with Gasteiger partial charge in [0.25, 0.3) is 17.7 Å². The van der Waals surface area contributed by atoms with Crippen LogP contribution in [-0.2, 0) is 28.4 Å². The van der Waals surface area contributed by atoms with Crippen molar-refractivity contribution in [2.24, 2.45) is 0 Å². The fraction of sp³-hybridized carbons (Fsp3) is 0.575. The van der Waals surface area contributed by atoms with Crippen LogP contribution < -0.4 is 26.6 Å². The molecule has 16 nitrogen and oxygen atoms in total. The van der Waals surface area contributed by atoms with E-state index in [4.69, 9.17) is 28.4 Å². The monoisotopic (exact) mass is 789 g/mol. The van der Waals surface area contributed by atoms with Gasteiger partial charge in [0, 0.05) is 48.6 Å². The molecule has 2 aromatic carbocycles. The van der Waals surface area contributed by atoms with E-state index in [1.54, 1.807) is 53.7 Å². The number of hydrogen-bond acceptors (Lipinski definition) is 11. The summed E-state index contributed by atoms with van der Waals surface area (Å²) in [6.07, 6.45) is -1.03. The number of ether oxygens (including phenoxy) is 6. The lowest BCUT2D eigenvalue weighted by atomic mass is 10.1. The van der Waals surface area contributed by atoms with Gasteiger partial charge in [-0.3, -0.25) is 14.4 Å². The van der Waals surface area contributed by atoms with E-state index < -0.39 is 41.1 Å². The van der Waals surface area contributed by atoms with Gasteiger partial charge in [0.1, 0.15) is 11.2 Å². The summed E-state index contributed by atoms with van der Waals surface area (Å²) in [4.78, 5) is 62.4. The molecule has 0 aliphatic carbocycles. The number of anilines is 1. The molecule has 5 N–H and O–H groups in total. The highest BCUT2D eigenvalue weighted by Gasteiger charge is 2.17. The third-order valence-electron chi connectivity index (χ3n) is 6.67. The highest BCUT2D eigenvalue weighted by atomic mass is 16.6. The number of rotatable bonds is 22. The van der Waals surface area contributed by atoms with E-state index in [-0.39, 0.29) is 82.6 Å². The largest absolute Gasteiger partial charge is 0.444 e. The number of alkyl carbamates (subject to hydrolysis) is 2. The van der Waals surface area contributed by atoms with Gasteiger partial charge in [-0.25, -0.2) is 9.59 Å². The fourth-order valence-electron chi connectivity index (χ4n) is 4.27. The van der Waals surface area contributed by atoms with Crippen LogP contribution in [0.1, 0.15) is 92.0 Å². The molecule has 0 spiro atoms. The minimum absolute atomic E-state index is 0.164. The van der Waals surface area contributed by atoms with Crippen LogP contribution in [-0.4, -0.2) is 120 Å². The minimum atomic E-state index is -0.577. The molecule has 0 heterocycles. The molecular formula is C40H63N5O11. The molecule has 16 heteroatoms. The summed E-state index contributed by atoms with van der Waals surface area (Å²) in [5, 5.41) is 13.5. The van der Waals surface area contributed by atoms with Crippen molar-refractivity contribution in [3.63, 3.8) is 0 Å². The van der Waals surface area contributed by atoms with E-state index in [9.17, 15) is 24.0 Å². The fourth-order valence-corrected chi connectivity index (χ4v) is 4.27. The Hall–Kier alpha value is -4.77. The van der Waals surface area contributed by atoms with Crippen molar-refractivity contribution in [3.8, 4) is 0 Å². The molecule has 0 unspecified atom stereocenters. The third kappa shape index (κ3) is 23.9. The second-order valence-electron chi connectivity index (χ2n) is 13.9. The molecule has 0 saturated heterocycles. The summed E-state index contributed by atoms with van der Waals surface area (Å²) in [5.74, 6) is -1.33. The predicted molar refractivity (Wildman–Crippen MR) is 213 cm³/mol. The van der Waals surface area contributed by atoms with E-state index >= 15 is 0 Å². The highest BCUT2D eigenvalue weighted by Crippen LogP contribution is 2.17. The normalized spacial score (nSPS) is 11.0. The Morgan fingerprint density at radius 3 is 1.20 bits per heavy atom. The van der Waals surface area contributed by atoms with Crippen LogP contribution in [0.3, 0.4) is 0 Å². The SMILES string of the molecule is CC.Cc1ccc(C(=O)Nc2cc(C(=O)NCCOCCOCCNC(=O)OC(C)(C)C)cc(C(=O)NCCOCCOCCNC(=O)OC(C)(C)C)c2)cc1. The van der Waals surface area contributed by atoms with Crippen LogP contribution in [0.5, 0.6) is 0 Å². The lowest BCUT2D eigenvalue weighted by Gasteiger charge is -2.19. The smallest absolute Gasteiger partial charge is 0.407 e. The van der Waals surface area contributed by atoms with Crippen molar-refractivity contribution in [2.45, 2.75) is 73.5 Å². The number of benzene rings is 2. The maximum Gasteiger partial charge on any atom is 0.407 e. The predicted octanol–water partition coefficient (Wildman–Crippen LogP) is 4.85. The first kappa shape index (κ1) is 49.2. The van der Waals surface area contributed by atoms with Crippen molar-refractivity contribution in [2.75, 3.05) is 84.4 Å². The van der Waals surface area contributed by atoms with Crippen molar-refractivity contribution < 1.29 is 52.4 Å². The maximum absolute atomic E-state index is 13.1. The van der Waals surface area contributed by atoms with Gasteiger partial charge in [0.15, 0.2) is 0 Å². The molecule has 2 rings (SSSR count). The van der Waals surface area contributed by atoms with E-state index in [1.807, 2.05) is 32.9 Å². The van der Waals surface area contributed by atoms with E-state index in [0.29, 0.717) is 18.8 Å². The summed E-state index contributed by atoms with van der Waals surface area (Å²) in [7, 11) is 0. The molecular weight excluding hydrogens is 726 g/mol. The van der Waals surface area contributed by atoms with Crippen molar-refractivity contribution in [3.05, 3.63) is 64.7 Å². The Kier molecular flexibility index (Phi) is 23.7. The van der Waals surface area contributed by atoms with Gasteiger partial charge in [0.05, 0.1) is 52.9 Å². The third-order valence-corrected chi connectivity index (χ3v) is 6.67. The maximum atomic E-state index is 13.1. The lowest BCUT2D eigenvalue weighted by Crippen LogP contribution is -2.34. The average molecular weight is 790 g/mol. The Bertz CT molecular complexity index is 1410. The van der Waals surface area contributed by atoms with Crippen LogP contribution in [0.15, 0.2) is 42.5 Å². The van der Waals surface area contributed by atoms with E-state index in [2.05, 4.69) is 26.6 Å². The topological polar surface area (TPSA) is 201 Å². The standard InChI is InChI=1S/C38H57N5O11.C2H6/c1-27-8-10-28(11-9-27)34(46)43-31-25-29(32(44)39-12-16-49-20-22-51-18-14-41-35(47)53-37(2,3)4)24-30(26-31)33(45)40-13-17-50-21-23-52-19-15-42-36(48)54-38(5,6)7;1-2/h8-11,24-26H,12-23H2,1-7H3,(H,39,44)(H,40,45)(H,41,47)(H,42,48)(H,43,46);1-2H3. The number of carbonyl (C=O) groups is 5. The molecule has 0 saturated carbocycles. The summed E-state index contributed by atoms with van der Waals surface area (Å²) < 4.78 is 32.2. The van der Waals surface area contributed by atoms with E-state index in [1.165, 1.54) is 18.2 Å². The van der Waals surface area contributed by atoms with Gasteiger partial charge in [-0.05, 0) is 78.8 Å². The summed E-state index contributed by atoms with van der Waals surface area (Å²) in [6.45, 7) is 19.7. The Morgan fingerprint density at radius 2 is 0.839 bits per heavy atom. The van der Waals surface area contributed by atoms with Gasteiger partial charge in [0.2, 0.25) is 0 Å². The quantitative estimate of drug-likeness (QED) is 0.102. The first-order valence-electron chi connectivity index (χ1n) is 18.9. The number of amides is 5. The van der Waals surface area contributed by atoms with Crippen LogP contribution in [0.2, 0.25) is 0 Å². The van der Waals surface area contributed by atoms with E-state index in [0.717, 1.165) is 5.56 Å². The molecule has 314 valence electrons.